The molecular formula is C13H16N2O2S. The number of anilines is 1. The Balaban J connectivity index is 2.00. The standard InChI is InChI=1S/C13H16N2O2S/c1-8-11(6-7-17-8)13(16)15-10-4-2-9(3-5-10)12(14)18/h2-5,8,11H,6-7H2,1H3,(H2,14,18)(H,15,16). The molecule has 1 saturated heterocycles. The molecule has 1 fully saturated rings. The molecule has 1 aliphatic rings. The predicted octanol–water partition coefficient (Wildman–Crippen LogP) is 1.68. The Bertz CT molecular complexity index is 459. The van der Waals surface area contributed by atoms with Gasteiger partial charge in [0.25, 0.3) is 0 Å². The maximum Gasteiger partial charge on any atom is 0.230 e. The van der Waals surface area contributed by atoms with Crippen molar-refractivity contribution >= 4 is 28.8 Å². The van der Waals surface area contributed by atoms with Gasteiger partial charge in [0.2, 0.25) is 5.91 Å². The van der Waals surface area contributed by atoms with E-state index in [0.717, 1.165) is 17.7 Å². The summed E-state index contributed by atoms with van der Waals surface area (Å²) in [4.78, 5) is 12.4. The molecule has 1 aromatic rings. The fourth-order valence-electron chi connectivity index (χ4n) is 2.03. The highest BCUT2D eigenvalue weighted by Gasteiger charge is 2.30. The zero-order valence-corrected chi connectivity index (χ0v) is 11.0. The molecular weight excluding hydrogens is 248 g/mol. The van der Waals surface area contributed by atoms with Gasteiger partial charge in [0.1, 0.15) is 4.99 Å². The van der Waals surface area contributed by atoms with Crippen LogP contribution in [0.3, 0.4) is 0 Å². The van der Waals surface area contributed by atoms with E-state index in [1.54, 1.807) is 24.3 Å². The van der Waals surface area contributed by atoms with Crippen LogP contribution in [0.1, 0.15) is 18.9 Å². The van der Waals surface area contributed by atoms with E-state index < -0.39 is 0 Å². The van der Waals surface area contributed by atoms with E-state index >= 15 is 0 Å². The lowest BCUT2D eigenvalue weighted by atomic mass is 10.0. The van der Waals surface area contributed by atoms with Crippen LogP contribution in [-0.4, -0.2) is 23.6 Å². The molecule has 0 saturated carbocycles. The zero-order valence-electron chi connectivity index (χ0n) is 10.2. The highest BCUT2D eigenvalue weighted by molar-refractivity contribution is 7.80. The molecule has 5 heteroatoms. The average molecular weight is 264 g/mol. The Morgan fingerprint density at radius 2 is 2.11 bits per heavy atom. The second-order valence-electron chi connectivity index (χ2n) is 4.40. The molecule has 0 radical (unpaired) electrons. The van der Waals surface area contributed by atoms with E-state index in [9.17, 15) is 4.79 Å². The van der Waals surface area contributed by atoms with Gasteiger partial charge in [-0.05, 0) is 37.6 Å². The van der Waals surface area contributed by atoms with Crippen molar-refractivity contribution in [3.05, 3.63) is 29.8 Å². The Morgan fingerprint density at radius 3 is 2.61 bits per heavy atom. The first kappa shape index (κ1) is 13.0. The average Bonchev–Trinajstić information content (AvgIpc) is 2.76. The van der Waals surface area contributed by atoms with Crippen molar-refractivity contribution in [2.75, 3.05) is 11.9 Å². The van der Waals surface area contributed by atoms with E-state index in [1.807, 2.05) is 6.92 Å². The van der Waals surface area contributed by atoms with Crippen LogP contribution in [0.4, 0.5) is 5.69 Å². The van der Waals surface area contributed by atoms with Crippen molar-refractivity contribution in [3.8, 4) is 0 Å². The van der Waals surface area contributed by atoms with Crippen LogP contribution in [0.2, 0.25) is 0 Å². The van der Waals surface area contributed by atoms with Crippen molar-refractivity contribution in [2.24, 2.45) is 11.7 Å². The van der Waals surface area contributed by atoms with E-state index in [1.165, 1.54) is 0 Å². The van der Waals surface area contributed by atoms with Crippen LogP contribution in [0.15, 0.2) is 24.3 Å². The zero-order chi connectivity index (χ0) is 13.1. The minimum atomic E-state index is -0.0692. The van der Waals surface area contributed by atoms with E-state index in [0.29, 0.717) is 11.6 Å². The summed E-state index contributed by atoms with van der Waals surface area (Å²) in [6.07, 6.45) is 0.763. The Labute approximate surface area is 112 Å². The number of ether oxygens (including phenoxy) is 1. The van der Waals surface area contributed by atoms with Gasteiger partial charge in [-0.2, -0.15) is 0 Å². The first-order chi connectivity index (χ1) is 8.58. The lowest BCUT2D eigenvalue weighted by molar-refractivity contribution is -0.121. The van der Waals surface area contributed by atoms with Gasteiger partial charge in [0.05, 0.1) is 12.0 Å². The molecule has 0 spiro atoms. The summed E-state index contributed by atoms with van der Waals surface area (Å²) in [5, 5.41) is 2.88. The normalized spacial score (nSPS) is 22.7. The summed E-state index contributed by atoms with van der Waals surface area (Å²) in [6, 6.07) is 7.19. The number of benzene rings is 1. The van der Waals surface area contributed by atoms with Crippen LogP contribution in [0.5, 0.6) is 0 Å². The molecule has 2 rings (SSSR count). The fraction of sp³-hybridized carbons (Fsp3) is 0.385. The number of rotatable bonds is 3. The number of carbonyl (C=O) groups is 1. The molecule has 3 N–H and O–H groups in total. The topological polar surface area (TPSA) is 64.3 Å². The van der Waals surface area contributed by atoms with Gasteiger partial charge in [-0.25, -0.2) is 0 Å². The third-order valence-corrected chi connectivity index (χ3v) is 3.39. The molecule has 96 valence electrons. The lowest BCUT2D eigenvalue weighted by Gasteiger charge is -2.14. The highest BCUT2D eigenvalue weighted by atomic mass is 32.1. The molecule has 0 bridgehead atoms. The van der Waals surface area contributed by atoms with Crippen LogP contribution in [0.25, 0.3) is 0 Å². The largest absolute Gasteiger partial charge is 0.389 e. The van der Waals surface area contributed by atoms with Crippen molar-refractivity contribution in [2.45, 2.75) is 19.4 Å². The fourth-order valence-corrected chi connectivity index (χ4v) is 2.16. The third-order valence-electron chi connectivity index (χ3n) is 3.15. The first-order valence-electron chi connectivity index (χ1n) is 5.90. The Hall–Kier alpha value is -1.46. The Morgan fingerprint density at radius 1 is 1.44 bits per heavy atom. The molecule has 1 amide bonds. The summed E-state index contributed by atoms with van der Waals surface area (Å²) >= 11 is 4.87. The molecule has 2 atom stereocenters. The maximum absolute atomic E-state index is 12.0. The van der Waals surface area contributed by atoms with Crippen molar-refractivity contribution in [3.63, 3.8) is 0 Å². The number of nitrogens with two attached hydrogens (primary N) is 1. The summed E-state index contributed by atoms with van der Waals surface area (Å²) in [5.74, 6) is -0.0664. The van der Waals surface area contributed by atoms with Gasteiger partial charge in [-0.1, -0.05) is 12.2 Å². The second kappa shape index (κ2) is 5.46. The van der Waals surface area contributed by atoms with Crippen LogP contribution in [-0.2, 0) is 9.53 Å². The van der Waals surface area contributed by atoms with Crippen LogP contribution >= 0.6 is 12.2 Å². The molecule has 0 aliphatic carbocycles. The quantitative estimate of drug-likeness (QED) is 0.815. The van der Waals surface area contributed by atoms with Crippen molar-refractivity contribution in [1.29, 1.82) is 0 Å². The summed E-state index contributed by atoms with van der Waals surface area (Å²) in [5.41, 5.74) is 7.05. The first-order valence-corrected chi connectivity index (χ1v) is 6.31. The monoisotopic (exact) mass is 264 g/mol. The van der Waals surface area contributed by atoms with Gasteiger partial charge in [-0.3, -0.25) is 4.79 Å². The number of nitrogens with one attached hydrogen (secondary N) is 1. The van der Waals surface area contributed by atoms with Gasteiger partial charge in [0.15, 0.2) is 0 Å². The number of hydrogen-bond acceptors (Lipinski definition) is 3. The number of carbonyl (C=O) groups excluding carboxylic acids is 1. The molecule has 0 aromatic heterocycles. The summed E-state index contributed by atoms with van der Waals surface area (Å²) < 4.78 is 5.38. The van der Waals surface area contributed by atoms with Crippen molar-refractivity contribution < 1.29 is 9.53 Å². The van der Waals surface area contributed by atoms with E-state index in [2.05, 4.69) is 5.32 Å². The van der Waals surface area contributed by atoms with Gasteiger partial charge < -0.3 is 15.8 Å². The van der Waals surface area contributed by atoms with Gasteiger partial charge in [-0.15, -0.1) is 0 Å². The lowest BCUT2D eigenvalue weighted by Crippen LogP contribution is -2.27. The van der Waals surface area contributed by atoms with Gasteiger partial charge in [0, 0.05) is 17.9 Å². The van der Waals surface area contributed by atoms with Gasteiger partial charge >= 0.3 is 0 Å². The number of hydrogen-bond donors (Lipinski definition) is 2. The minimum Gasteiger partial charge on any atom is -0.389 e. The number of amides is 1. The molecule has 2 unspecified atom stereocenters. The SMILES string of the molecule is CC1OCCC1C(=O)Nc1ccc(C(N)=S)cc1. The maximum atomic E-state index is 12.0. The highest BCUT2D eigenvalue weighted by Crippen LogP contribution is 2.22. The van der Waals surface area contributed by atoms with E-state index in [4.69, 9.17) is 22.7 Å². The smallest absolute Gasteiger partial charge is 0.230 e. The predicted molar refractivity (Wildman–Crippen MR) is 74.5 cm³/mol. The van der Waals surface area contributed by atoms with E-state index in [-0.39, 0.29) is 17.9 Å². The van der Waals surface area contributed by atoms with Crippen LogP contribution in [0, 0.1) is 5.92 Å². The minimum absolute atomic E-state index is 0.00285. The summed E-state index contributed by atoms with van der Waals surface area (Å²) in [6.45, 7) is 2.58. The van der Waals surface area contributed by atoms with Crippen LogP contribution < -0.4 is 11.1 Å². The molecule has 4 nitrogen and oxygen atoms in total. The Kier molecular flexibility index (Phi) is 3.93. The summed E-state index contributed by atoms with van der Waals surface area (Å²) in [7, 11) is 0. The molecule has 1 aromatic carbocycles. The molecule has 18 heavy (non-hydrogen) atoms. The number of thiocarbonyl (C=S) groups is 1. The van der Waals surface area contributed by atoms with Crippen molar-refractivity contribution in [1.82, 2.24) is 0 Å². The second-order valence-corrected chi connectivity index (χ2v) is 4.84. The third kappa shape index (κ3) is 2.86. The molecule has 1 aliphatic heterocycles. The molecule has 1 heterocycles.